The predicted octanol–water partition coefficient (Wildman–Crippen LogP) is 1.92. The monoisotopic (exact) mass is 492 g/mol. The van der Waals surface area contributed by atoms with Crippen molar-refractivity contribution in [1.82, 2.24) is 10.6 Å². The Kier molecular flexibility index (Phi) is 9.14. The highest BCUT2D eigenvalue weighted by Crippen LogP contribution is 2.20. The summed E-state index contributed by atoms with van der Waals surface area (Å²) in [5.74, 6) is -2.30. The lowest BCUT2D eigenvalue weighted by Crippen LogP contribution is -2.54. The van der Waals surface area contributed by atoms with Crippen molar-refractivity contribution in [2.45, 2.75) is 37.8 Å². The lowest BCUT2D eigenvalue weighted by Gasteiger charge is -2.22. The molecule has 6 N–H and O–H groups in total. The second-order valence-corrected chi connectivity index (χ2v) is 9.13. The van der Waals surface area contributed by atoms with E-state index in [9.17, 15) is 19.2 Å². The predicted molar refractivity (Wildman–Crippen MR) is 135 cm³/mol. The first-order chi connectivity index (χ1) is 16.8. The SMILES string of the molecule is NC(=O)CCC(=O)NC(Cc1cccs1)C(=O)N[C@H](Cc1ccc(-c2ccccc2)cc1)C(N)=O. The van der Waals surface area contributed by atoms with Crippen LogP contribution in [0.3, 0.4) is 0 Å². The van der Waals surface area contributed by atoms with E-state index in [-0.39, 0.29) is 25.7 Å². The van der Waals surface area contributed by atoms with Gasteiger partial charge >= 0.3 is 0 Å². The van der Waals surface area contributed by atoms with Gasteiger partial charge in [0.2, 0.25) is 23.6 Å². The molecule has 1 aromatic heterocycles. The molecule has 9 heteroatoms. The summed E-state index contributed by atoms with van der Waals surface area (Å²) in [6.07, 6.45) is 0.194. The molecule has 0 aliphatic heterocycles. The number of carbonyl (C=O) groups is 4. The average molecular weight is 493 g/mol. The standard InChI is InChI=1S/C26H28N4O4S/c27-23(31)12-13-24(32)29-22(16-20-7-4-14-35-20)26(34)30-21(25(28)33)15-17-8-10-19(11-9-17)18-5-2-1-3-6-18/h1-11,14,21-22H,12-13,15-16H2,(H2,27,31)(H2,28,33)(H,29,32)(H,30,34)/t21-,22?/m1/s1. The first kappa shape index (κ1) is 25.6. The molecule has 1 unspecified atom stereocenters. The molecule has 0 saturated heterocycles. The molecule has 35 heavy (non-hydrogen) atoms. The Hall–Kier alpha value is -3.98. The summed E-state index contributed by atoms with van der Waals surface area (Å²) in [5, 5.41) is 7.18. The minimum Gasteiger partial charge on any atom is -0.370 e. The number of hydrogen-bond acceptors (Lipinski definition) is 5. The fraction of sp³-hybridized carbons (Fsp3) is 0.231. The Morgan fingerprint density at radius 2 is 1.43 bits per heavy atom. The smallest absolute Gasteiger partial charge is 0.243 e. The van der Waals surface area contributed by atoms with Gasteiger partial charge in [0, 0.05) is 30.6 Å². The van der Waals surface area contributed by atoms with Crippen molar-refractivity contribution in [2.75, 3.05) is 0 Å². The number of amides is 4. The van der Waals surface area contributed by atoms with Gasteiger partial charge in [-0.3, -0.25) is 19.2 Å². The van der Waals surface area contributed by atoms with Crippen LogP contribution in [-0.4, -0.2) is 35.7 Å². The van der Waals surface area contributed by atoms with Crippen LogP contribution < -0.4 is 22.1 Å². The van der Waals surface area contributed by atoms with Crippen molar-refractivity contribution < 1.29 is 19.2 Å². The van der Waals surface area contributed by atoms with Crippen molar-refractivity contribution >= 4 is 35.0 Å². The molecule has 1 heterocycles. The van der Waals surface area contributed by atoms with Crippen LogP contribution in [0.1, 0.15) is 23.3 Å². The zero-order valence-electron chi connectivity index (χ0n) is 19.1. The summed E-state index contributed by atoms with van der Waals surface area (Å²) in [6.45, 7) is 0. The quantitative estimate of drug-likeness (QED) is 0.306. The second-order valence-electron chi connectivity index (χ2n) is 8.10. The number of carbonyl (C=O) groups excluding carboxylic acids is 4. The largest absolute Gasteiger partial charge is 0.370 e. The number of thiophene rings is 1. The van der Waals surface area contributed by atoms with Gasteiger partial charge in [-0.15, -0.1) is 11.3 Å². The van der Waals surface area contributed by atoms with Gasteiger partial charge in [0.05, 0.1) is 0 Å². The van der Waals surface area contributed by atoms with E-state index < -0.39 is 35.7 Å². The number of rotatable bonds is 12. The maximum atomic E-state index is 13.1. The maximum Gasteiger partial charge on any atom is 0.243 e. The molecule has 182 valence electrons. The fourth-order valence-corrected chi connectivity index (χ4v) is 4.29. The number of benzene rings is 2. The van der Waals surface area contributed by atoms with E-state index in [1.807, 2.05) is 72.1 Å². The fourth-order valence-electron chi connectivity index (χ4n) is 3.54. The van der Waals surface area contributed by atoms with Crippen LogP contribution in [0.4, 0.5) is 0 Å². The average Bonchev–Trinajstić information content (AvgIpc) is 3.36. The third-order valence-electron chi connectivity index (χ3n) is 5.40. The Morgan fingerprint density at radius 1 is 0.743 bits per heavy atom. The maximum absolute atomic E-state index is 13.1. The first-order valence-corrected chi connectivity index (χ1v) is 12.0. The van der Waals surface area contributed by atoms with E-state index in [2.05, 4.69) is 10.6 Å². The Morgan fingerprint density at radius 3 is 2.03 bits per heavy atom. The summed E-state index contributed by atoms with van der Waals surface area (Å²) in [5.41, 5.74) is 13.6. The van der Waals surface area contributed by atoms with E-state index in [1.54, 1.807) is 0 Å². The second kappa shape index (κ2) is 12.5. The molecule has 2 atom stereocenters. The molecule has 3 rings (SSSR count). The van der Waals surface area contributed by atoms with Crippen LogP contribution in [0.15, 0.2) is 72.1 Å². The van der Waals surface area contributed by atoms with Crippen LogP contribution in [0, 0.1) is 0 Å². The van der Waals surface area contributed by atoms with Crippen molar-refractivity contribution in [3.8, 4) is 11.1 Å². The van der Waals surface area contributed by atoms with Gasteiger partial charge in [0.25, 0.3) is 0 Å². The molecule has 0 bridgehead atoms. The topological polar surface area (TPSA) is 144 Å². The molecule has 0 saturated carbocycles. The molecule has 0 aliphatic carbocycles. The Balaban J connectivity index is 1.68. The zero-order chi connectivity index (χ0) is 25.2. The van der Waals surface area contributed by atoms with Crippen molar-refractivity contribution in [3.63, 3.8) is 0 Å². The summed E-state index contributed by atoms with van der Waals surface area (Å²) < 4.78 is 0. The van der Waals surface area contributed by atoms with Crippen molar-refractivity contribution in [2.24, 2.45) is 11.5 Å². The molecule has 0 spiro atoms. The molecule has 2 aromatic carbocycles. The van der Waals surface area contributed by atoms with Crippen LogP contribution >= 0.6 is 11.3 Å². The third kappa shape index (κ3) is 8.08. The van der Waals surface area contributed by atoms with Gasteiger partial charge in [0.15, 0.2) is 0 Å². The zero-order valence-corrected chi connectivity index (χ0v) is 19.9. The summed E-state index contributed by atoms with van der Waals surface area (Å²) in [6, 6.07) is 19.3. The van der Waals surface area contributed by atoms with Crippen LogP contribution in [0.2, 0.25) is 0 Å². The number of primary amides is 2. The summed E-state index contributed by atoms with van der Waals surface area (Å²) in [4.78, 5) is 49.3. The van der Waals surface area contributed by atoms with E-state index in [1.165, 1.54) is 11.3 Å². The minimum atomic E-state index is -0.960. The van der Waals surface area contributed by atoms with Gasteiger partial charge in [-0.2, -0.15) is 0 Å². The minimum absolute atomic E-state index is 0.123. The van der Waals surface area contributed by atoms with Crippen LogP contribution in [0.5, 0.6) is 0 Å². The Bertz CT molecular complexity index is 1150. The molecule has 3 aromatic rings. The molecule has 8 nitrogen and oxygen atoms in total. The molecular weight excluding hydrogens is 464 g/mol. The van der Waals surface area contributed by atoms with E-state index >= 15 is 0 Å². The molecular formula is C26H28N4O4S. The van der Waals surface area contributed by atoms with Gasteiger partial charge in [0.1, 0.15) is 12.1 Å². The normalized spacial score (nSPS) is 12.3. The lowest BCUT2D eigenvalue weighted by atomic mass is 10.00. The van der Waals surface area contributed by atoms with E-state index in [4.69, 9.17) is 11.5 Å². The van der Waals surface area contributed by atoms with Gasteiger partial charge in [-0.05, 0) is 28.1 Å². The van der Waals surface area contributed by atoms with Gasteiger partial charge in [-0.1, -0.05) is 60.7 Å². The highest BCUT2D eigenvalue weighted by Gasteiger charge is 2.26. The molecule has 0 radical (unpaired) electrons. The van der Waals surface area contributed by atoms with E-state index in [0.29, 0.717) is 0 Å². The van der Waals surface area contributed by atoms with Crippen molar-refractivity contribution in [1.29, 1.82) is 0 Å². The highest BCUT2D eigenvalue weighted by molar-refractivity contribution is 7.09. The number of nitrogens with two attached hydrogens (primary N) is 2. The molecule has 4 amide bonds. The first-order valence-electron chi connectivity index (χ1n) is 11.2. The van der Waals surface area contributed by atoms with E-state index in [0.717, 1.165) is 21.6 Å². The van der Waals surface area contributed by atoms with Crippen LogP contribution in [-0.2, 0) is 32.0 Å². The Labute approximate surface area is 207 Å². The number of hydrogen-bond donors (Lipinski definition) is 4. The summed E-state index contributed by atoms with van der Waals surface area (Å²) in [7, 11) is 0. The summed E-state index contributed by atoms with van der Waals surface area (Å²) >= 11 is 1.44. The third-order valence-corrected chi connectivity index (χ3v) is 6.30. The molecule has 0 aliphatic rings. The van der Waals surface area contributed by atoms with Gasteiger partial charge in [-0.25, -0.2) is 0 Å². The van der Waals surface area contributed by atoms with Crippen molar-refractivity contribution in [3.05, 3.63) is 82.6 Å². The lowest BCUT2D eigenvalue weighted by molar-refractivity contribution is -0.131. The number of nitrogens with one attached hydrogen (secondary N) is 2. The van der Waals surface area contributed by atoms with Gasteiger partial charge < -0.3 is 22.1 Å². The molecule has 0 fully saturated rings. The van der Waals surface area contributed by atoms with Crippen LogP contribution in [0.25, 0.3) is 11.1 Å². The highest BCUT2D eigenvalue weighted by atomic mass is 32.1.